The van der Waals surface area contributed by atoms with Crippen LogP contribution in [0.1, 0.15) is 12.0 Å². The van der Waals surface area contributed by atoms with Gasteiger partial charge in [-0.15, -0.1) is 12.4 Å². The fourth-order valence-electron chi connectivity index (χ4n) is 1.73. The van der Waals surface area contributed by atoms with E-state index in [1.165, 1.54) is 0 Å². The predicted molar refractivity (Wildman–Crippen MR) is 66.6 cm³/mol. The van der Waals surface area contributed by atoms with Crippen molar-refractivity contribution in [1.29, 1.82) is 0 Å². The number of nitrogens with zero attached hydrogens (tertiary/aromatic N) is 1. The Bertz CT molecular complexity index is 338. The minimum Gasteiger partial charge on any atom is -0.341 e. The number of benzene rings is 1. The fraction of sp³-hybridized carbons (Fsp3) is 0.417. The lowest BCUT2D eigenvalue weighted by Crippen LogP contribution is -2.50. The topological polar surface area (TPSA) is 46.3 Å². The molecule has 0 bridgehead atoms. The molecule has 1 aliphatic rings. The number of likely N-dealkylation sites (tertiary alicyclic amines) is 1. The first kappa shape index (κ1) is 13.0. The largest absolute Gasteiger partial charge is 0.341 e. The normalized spacial score (nSPS) is 15.9. The van der Waals surface area contributed by atoms with Crippen LogP contribution in [-0.2, 0) is 11.2 Å². The van der Waals surface area contributed by atoms with Crippen molar-refractivity contribution in [2.75, 3.05) is 13.1 Å². The number of rotatable bonds is 3. The van der Waals surface area contributed by atoms with Crippen molar-refractivity contribution in [2.24, 2.45) is 5.73 Å². The average Bonchev–Trinajstić information content (AvgIpc) is 2.16. The number of halogens is 1. The molecular formula is C12H17ClN2O. The number of carbonyl (C=O) groups excluding carboxylic acids is 1. The van der Waals surface area contributed by atoms with Gasteiger partial charge in [-0.3, -0.25) is 4.79 Å². The molecule has 0 spiro atoms. The van der Waals surface area contributed by atoms with Crippen LogP contribution >= 0.6 is 12.4 Å². The lowest BCUT2D eigenvalue weighted by molar-refractivity contribution is -0.136. The first-order chi connectivity index (χ1) is 7.27. The van der Waals surface area contributed by atoms with Crippen LogP contribution in [-0.4, -0.2) is 29.9 Å². The molecule has 16 heavy (non-hydrogen) atoms. The van der Waals surface area contributed by atoms with E-state index >= 15 is 0 Å². The predicted octanol–water partition coefficient (Wildman–Crippen LogP) is 1.21. The highest BCUT2D eigenvalue weighted by atomic mass is 35.5. The molecule has 0 radical (unpaired) electrons. The zero-order valence-corrected chi connectivity index (χ0v) is 9.95. The summed E-state index contributed by atoms with van der Waals surface area (Å²) in [6.45, 7) is 1.75. The van der Waals surface area contributed by atoms with Gasteiger partial charge in [0, 0.05) is 13.1 Å². The Morgan fingerprint density at radius 2 is 1.94 bits per heavy atom. The third-order valence-corrected chi connectivity index (χ3v) is 2.78. The molecule has 1 heterocycles. The number of hydrogen-bond donors (Lipinski definition) is 1. The van der Waals surface area contributed by atoms with E-state index in [2.05, 4.69) is 0 Å². The summed E-state index contributed by atoms with van der Waals surface area (Å²) in [5.41, 5.74) is 6.99. The lowest BCUT2D eigenvalue weighted by Gasteiger charge is -2.33. The summed E-state index contributed by atoms with van der Waals surface area (Å²) < 4.78 is 0. The Hall–Kier alpha value is -1.06. The Morgan fingerprint density at radius 3 is 2.44 bits per heavy atom. The average molecular weight is 241 g/mol. The van der Waals surface area contributed by atoms with Crippen molar-refractivity contribution in [3.05, 3.63) is 35.9 Å². The van der Waals surface area contributed by atoms with Crippen LogP contribution in [0.2, 0.25) is 0 Å². The van der Waals surface area contributed by atoms with Crippen molar-refractivity contribution in [3.8, 4) is 0 Å². The SMILES string of the molecule is Cl.N[C@@H](Cc1ccccc1)C(=O)N1CCC1. The molecule has 3 nitrogen and oxygen atoms in total. The van der Waals surface area contributed by atoms with Gasteiger partial charge in [0.05, 0.1) is 6.04 Å². The molecule has 1 atom stereocenters. The van der Waals surface area contributed by atoms with E-state index in [1.54, 1.807) is 0 Å². The Labute approximate surface area is 102 Å². The van der Waals surface area contributed by atoms with Crippen molar-refractivity contribution in [1.82, 2.24) is 4.90 Å². The first-order valence-corrected chi connectivity index (χ1v) is 5.35. The molecule has 0 aliphatic carbocycles. The van der Waals surface area contributed by atoms with Crippen molar-refractivity contribution < 1.29 is 4.79 Å². The van der Waals surface area contributed by atoms with Gasteiger partial charge < -0.3 is 10.6 Å². The van der Waals surface area contributed by atoms with Gasteiger partial charge >= 0.3 is 0 Å². The molecule has 0 unspecified atom stereocenters. The van der Waals surface area contributed by atoms with E-state index < -0.39 is 0 Å². The molecule has 1 aromatic carbocycles. The maximum atomic E-state index is 11.7. The van der Waals surface area contributed by atoms with E-state index in [9.17, 15) is 4.79 Å². The maximum absolute atomic E-state index is 11.7. The van der Waals surface area contributed by atoms with Gasteiger partial charge in [0.1, 0.15) is 0 Å². The van der Waals surface area contributed by atoms with Gasteiger partial charge in [-0.05, 0) is 18.4 Å². The van der Waals surface area contributed by atoms with Gasteiger partial charge in [-0.1, -0.05) is 30.3 Å². The minimum atomic E-state index is -0.382. The molecule has 1 aromatic rings. The molecule has 1 fully saturated rings. The third kappa shape index (κ3) is 2.97. The highest BCUT2D eigenvalue weighted by molar-refractivity contribution is 5.85. The molecule has 4 heteroatoms. The summed E-state index contributed by atoms with van der Waals surface area (Å²) >= 11 is 0. The van der Waals surface area contributed by atoms with Gasteiger partial charge in [-0.2, -0.15) is 0 Å². The van der Waals surface area contributed by atoms with Gasteiger partial charge in [0.15, 0.2) is 0 Å². The minimum absolute atomic E-state index is 0. The van der Waals surface area contributed by atoms with E-state index in [4.69, 9.17) is 5.73 Å². The molecule has 1 amide bonds. The zero-order chi connectivity index (χ0) is 10.7. The lowest BCUT2D eigenvalue weighted by atomic mass is 10.0. The molecule has 1 saturated heterocycles. The molecule has 0 saturated carbocycles. The number of nitrogens with two attached hydrogens (primary N) is 1. The van der Waals surface area contributed by atoms with Crippen molar-refractivity contribution in [3.63, 3.8) is 0 Å². The molecular weight excluding hydrogens is 224 g/mol. The van der Waals surface area contributed by atoms with E-state index in [-0.39, 0.29) is 24.4 Å². The second-order valence-electron chi connectivity index (χ2n) is 3.98. The highest BCUT2D eigenvalue weighted by Crippen LogP contribution is 2.10. The van der Waals surface area contributed by atoms with Crippen LogP contribution in [0.4, 0.5) is 0 Å². The standard InChI is InChI=1S/C12H16N2O.ClH/c13-11(12(15)14-7-4-8-14)9-10-5-2-1-3-6-10;/h1-3,5-6,11H,4,7-9,13H2;1H/t11-;/m0./s1. The second kappa shape index (κ2) is 5.87. The zero-order valence-electron chi connectivity index (χ0n) is 9.13. The summed E-state index contributed by atoms with van der Waals surface area (Å²) in [5.74, 6) is 0.0881. The molecule has 2 rings (SSSR count). The third-order valence-electron chi connectivity index (χ3n) is 2.78. The summed E-state index contributed by atoms with van der Waals surface area (Å²) in [5, 5.41) is 0. The summed E-state index contributed by atoms with van der Waals surface area (Å²) in [6, 6.07) is 9.53. The monoisotopic (exact) mass is 240 g/mol. The Kier molecular flexibility index (Phi) is 4.77. The number of hydrogen-bond acceptors (Lipinski definition) is 2. The van der Waals surface area contributed by atoms with E-state index in [0.717, 1.165) is 25.1 Å². The summed E-state index contributed by atoms with van der Waals surface area (Å²) in [6.07, 6.45) is 1.75. The number of carbonyl (C=O) groups is 1. The molecule has 1 aliphatic heterocycles. The van der Waals surface area contributed by atoms with Crippen LogP contribution < -0.4 is 5.73 Å². The smallest absolute Gasteiger partial charge is 0.239 e. The van der Waals surface area contributed by atoms with Gasteiger partial charge in [0.25, 0.3) is 0 Å². The summed E-state index contributed by atoms with van der Waals surface area (Å²) in [7, 11) is 0. The molecule has 2 N–H and O–H groups in total. The highest BCUT2D eigenvalue weighted by Gasteiger charge is 2.25. The van der Waals surface area contributed by atoms with E-state index in [0.29, 0.717) is 6.42 Å². The van der Waals surface area contributed by atoms with Gasteiger partial charge in [-0.25, -0.2) is 0 Å². The molecule has 88 valence electrons. The Balaban J connectivity index is 0.00000128. The van der Waals surface area contributed by atoms with Crippen LogP contribution in [0.5, 0.6) is 0 Å². The molecule has 0 aromatic heterocycles. The van der Waals surface area contributed by atoms with Crippen molar-refractivity contribution in [2.45, 2.75) is 18.9 Å². The van der Waals surface area contributed by atoms with Crippen LogP contribution in [0.15, 0.2) is 30.3 Å². The maximum Gasteiger partial charge on any atom is 0.239 e. The van der Waals surface area contributed by atoms with Crippen LogP contribution in [0.25, 0.3) is 0 Å². The van der Waals surface area contributed by atoms with Crippen LogP contribution in [0.3, 0.4) is 0 Å². The quantitative estimate of drug-likeness (QED) is 0.864. The Morgan fingerprint density at radius 1 is 1.31 bits per heavy atom. The summed E-state index contributed by atoms with van der Waals surface area (Å²) in [4.78, 5) is 13.6. The van der Waals surface area contributed by atoms with Crippen molar-refractivity contribution >= 4 is 18.3 Å². The second-order valence-corrected chi connectivity index (χ2v) is 3.98. The fourth-order valence-corrected chi connectivity index (χ4v) is 1.73. The van der Waals surface area contributed by atoms with Gasteiger partial charge in [0.2, 0.25) is 5.91 Å². The first-order valence-electron chi connectivity index (χ1n) is 5.35. The van der Waals surface area contributed by atoms with E-state index in [1.807, 2.05) is 35.2 Å². The van der Waals surface area contributed by atoms with Crippen LogP contribution in [0, 0.1) is 0 Å². The number of amides is 1.